The van der Waals surface area contributed by atoms with Gasteiger partial charge in [0.05, 0.1) is 11.4 Å². The molecular formula is C14H17N3O5. The van der Waals surface area contributed by atoms with Crippen molar-refractivity contribution in [1.29, 1.82) is 0 Å². The second-order valence-corrected chi connectivity index (χ2v) is 5.24. The van der Waals surface area contributed by atoms with Gasteiger partial charge in [-0.2, -0.15) is 0 Å². The summed E-state index contributed by atoms with van der Waals surface area (Å²) in [7, 11) is 0. The molecular weight excluding hydrogens is 290 g/mol. The van der Waals surface area contributed by atoms with E-state index in [-0.39, 0.29) is 24.5 Å². The lowest BCUT2D eigenvalue weighted by atomic mass is 10.1. The number of nitrogen functional groups attached to an aromatic ring is 1. The molecule has 1 amide bonds. The first-order valence-corrected chi connectivity index (χ1v) is 6.90. The van der Waals surface area contributed by atoms with Crippen LogP contribution in [0.1, 0.15) is 47.8 Å². The van der Waals surface area contributed by atoms with Crippen molar-refractivity contribution in [2.24, 2.45) is 0 Å². The molecule has 1 fully saturated rings. The molecule has 0 aromatic carbocycles. The fraction of sp³-hybridized carbons (Fsp3) is 0.429. The Balaban J connectivity index is 2.07. The third-order valence-electron chi connectivity index (χ3n) is 3.40. The molecule has 1 aliphatic rings. The monoisotopic (exact) mass is 307 g/mol. The van der Waals surface area contributed by atoms with Crippen LogP contribution in [-0.4, -0.2) is 39.1 Å². The lowest BCUT2D eigenvalue weighted by Gasteiger charge is -2.14. The van der Waals surface area contributed by atoms with Crippen molar-refractivity contribution in [2.45, 2.75) is 37.6 Å². The third-order valence-corrected chi connectivity index (χ3v) is 3.40. The molecule has 1 aromatic heterocycles. The SMILES string of the molecule is Nc1ccc(C(=O)NC(CCC(=O)O)C(=O)O)nc1C1CC1. The molecule has 0 radical (unpaired) electrons. The van der Waals surface area contributed by atoms with Crippen molar-refractivity contribution >= 4 is 23.5 Å². The van der Waals surface area contributed by atoms with Crippen LogP contribution in [0.2, 0.25) is 0 Å². The minimum atomic E-state index is -1.28. The summed E-state index contributed by atoms with van der Waals surface area (Å²) >= 11 is 0. The van der Waals surface area contributed by atoms with Crippen LogP contribution in [0.15, 0.2) is 12.1 Å². The highest BCUT2D eigenvalue weighted by atomic mass is 16.4. The summed E-state index contributed by atoms with van der Waals surface area (Å²) in [5.74, 6) is -2.80. The zero-order chi connectivity index (χ0) is 16.3. The van der Waals surface area contributed by atoms with Gasteiger partial charge in [-0.25, -0.2) is 9.78 Å². The maximum atomic E-state index is 12.1. The van der Waals surface area contributed by atoms with Gasteiger partial charge in [0.25, 0.3) is 5.91 Å². The Labute approximate surface area is 126 Å². The standard InChI is InChI=1S/C14H17N3O5/c15-8-3-4-9(16-12(8)7-1-2-7)13(20)17-10(14(21)22)5-6-11(18)19/h3-4,7,10H,1-2,5-6,15H2,(H,17,20)(H,18,19)(H,21,22). The maximum Gasteiger partial charge on any atom is 0.326 e. The van der Waals surface area contributed by atoms with E-state index in [2.05, 4.69) is 10.3 Å². The second kappa shape index (κ2) is 6.42. The number of anilines is 1. The molecule has 1 unspecified atom stereocenters. The molecule has 1 aromatic rings. The number of hydrogen-bond acceptors (Lipinski definition) is 5. The van der Waals surface area contributed by atoms with Gasteiger partial charge < -0.3 is 21.3 Å². The molecule has 2 rings (SSSR count). The van der Waals surface area contributed by atoms with Crippen molar-refractivity contribution in [3.63, 3.8) is 0 Å². The van der Waals surface area contributed by atoms with E-state index in [0.29, 0.717) is 11.4 Å². The molecule has 1 saturated carbocycles. The lowest BCUT2D eigenvalue weighted by molar-refractivity contribution is -0.140. The first-order valence-electron chi connectivity index (χ1n) is 6.90. The number of hydrogen-bond donors (Lipinski definition) is 4. The minimum Gasteiger partial charge on any atom is -0.481 e. The van der Waals surface area contributed by atoms with Gasteiger partial charge in [0, 0.05) is 12.3 Å². The van der Waals surface area contributed by atoms with Crippen molar-refractivity contribution in [3.05, 3.63) is 23.5 Å². The van der Waals surface area contributed by atoms with Gasteiger partial charge in [-0.3, -0.25) is 9.59 Å². The zero-order valence-corrected chi connectivity index (χ0v) is 11.8. The highest BCUT2D eigenvalue weighted by Gasteiger charge is 2.28. The topological polar surface area (TPSA) is 143 Å². The first-order chi connectivity index (χ1) is 10.4. The van der Waals surface area contributed by atoms with Gasteiger partial charge >= 0.3 is 11.9 Å². The summed E-state index contributed by atoms with van der Waals surface area (Å²) in [6.07, 6.45) is 1.40. The van der Waals surface area contributed by atoms with E-state index in [1.807, 2.05) is 0 Å². The summed E-state index contributed by atoms with van der Waals surface area (Å²) < 4.78 is 0. The number of amides is 1. The van der Waals surface area contributed by atoms with Gasteiger partial charge in [0.2, 0.25) is 0 Å². The van der Waals surface area contributed by atoms with Gasteiger partial charge in [0.1, 0.15) is 11.7 Å². The van der Waals surface area contributed by atoms with E-state index in [4.69, 9.17) is 15.9 Å². The number of carbonyl (C=O) groups excluding carboxylic acids is 1. The Morgan fingerprint density at radius 1 is 1.32 bits per heavy atom. The van der Waals surface area contributed by atoms with Crippen LogP contribution in [0.4, 0.5) is 5.69 Å². The molecule has 1 atom stereocenters. The molecule has 5 N–H and O–H groups in total. The zero-order valence-electron chi connectivity index (χ0n) is 11.8. The number of aromatic nitrogens is 1. The fourth-order valence-corrected chi connectivity index (χ4v) is 2.05. The maximum absolute atomic E-state index is 12.1. The molecule has 118 valence electrons. The normalized spacial score (nSPS) is 15.1. The number of carboxylic acids is 2. The highest BCUT2D eigenvalue weighted by Crippen LogP contribution is 2.41. The van der Waals surface area contributed by atoms with E-state index < -0.39 is 23.9 Å². The summed E-state index contributed by atoms with van der Waals surface area (Å²) in [4.78, 5) is 37.9. The van der Waals surface area contributed by atoms with E-state index in [1.165, 1.54) is 6.07 Å². The molecule has 0 bridgehead atoms. The van der Waals surface area contributed by atoms with E-state index in [1.54, 1.807) is 6.07 Å². The van der Waals surface area contributed by atoms with Gasteiger partial charge in [-0.05, 0) is 31.4 Å². The Hall–Kier alpha value is -2.64. The average molecular weight is 307 g/mol. The number of carboxylic acid groups (broad SMARTS) is 2. The van der Waals surface area contributed by atoms with Crippen molar-refractivity contribution < 1.29 is 24.6 Å². The fourth-order valence-electron chi connectivity index (χ4n) is 2.05. The number of nitrogens with two attached hydrogens (primary N) is 1. The quantitative estimate of drug-likeness (QED) is 0.577. The molecule has 8 nitrogen and oxygen atoms in total. The van der Waals surface area contributed by atoms with Crippen LogP contribution in [0.5, 0.6) is 0 Å². The van der Waals surface area contributed by atoms with Crippen LogP contribution >= 0.6 is 0 Å². The Morgan fingerprint density at radius 2 is 2.00 bits per heavy atom. The first kappa shape index (κ1) is 15.7. The average Bonchev–Trinajstić information content (AvgIpc) is 3.27. The number of rotatable bonds is 7. The minimum absolute atomic E-state index is 0.0812. The molecule has 22 heavy (non-hydrogen) atoms. The third kappa shape index (κ3) is 3.94. The van der Waals surface area contributed by atoms with Gasteiger partial charge in [0.15, 0.2) is 0 Å². The summed E-state index contributed by atoms with van der Waals surface area (Å²) in [5.41, 5.74) is 7.06. The van der Waals surface area contributed by atoms with Crippen LogP contribution in [0, 0.1) is 0 Å². The second-order valence-electron chi connectivity index (χ2n) is 5.24. The van der Waals surface area contributed by atoms with Crippen molar-refractivity contribution in [1.82, 2.24) is 10.3 Å². The van der Waals surface area contributed by atoms with Crippen molar-refractivity contribution in [3.8, 4) is 0 Å². The Bertz CT molecular complexity index is 612. The summed E-state index contributed by atoms with van der Waals surface area (Å²) in [6.45, 7) is 0. The van der Waals surface area contributed by atoms with Gasteiger partial charge in [-0.1, -0.05) is 0 Å². The van der Waals surface area contributed by atoms with Crippen LogP contribution in [0.3, 0.4) is 0 Å². The van der Waals surface area contributed by atoms with Crippen LogP contribution in [0.25, 0.3) is 0 Å². The van der Waals surface area contributed by atoms with Gasteiger partial charge in [-0.15, -0.1) is 0 Å². The van der Waals surface area contributed by atoms with E-state index in [0.717, 1.165) is 12.8 Å². The molecule has 1 heterocycles. The molecule has 1 aliphatic carbocycles. The summed E-state index contributed by atoms with van der Waals surface area (Å²) in [5, 5.41) is 19.9. The highest BCUT2D eigenvalue weighted by molar-refractivity contribution is 5.95. The number of carbonyl (C=O) groups is 3. The lowest BCUT2D eigenvalue weighted by Crippen LogP contribution is -2.41. The predicted molar refractivity (Wildman–Crippen MR) is 76.4 cm³/mol. The number of nitrogens with zero attached hydrogens (tertiary/aromatic N) is 1. The van der Waals surface area contributed by atoms with Crippen LogP contribution < -0.4 is 11.1 Å². The number of pyridine rings is 1. The predicted octanol–water partition coefficient (Wildman–Crippen LogP) is 0.589. The largest absolute Gasteiger partial charge is 0.481 e. The number of aliphatic carboxylic acids is 2. The number of nitrogens with one attached hydrogen (secondary N) is 1. The van der Waals surface area contributed by atoms with E-state index >= 15 is 0 Å². The molecule has 0 aliphatic heterocycles. The Morgan fingerprint density at radius 3 is 2.55 bits per heavy atom. The van der Waals surface area contributed by atoms with Crippen molar-refractivity contribution in [2.75, 3.05) is 5.73 Å². The smallest absolute Gasteiger partial charge is 0.326 e. The molecule has 0 spiro atoms. The molecule has 0 saturated heterocycles. The molecule has 8 heteroatoms. The summed E-state index contributed by atoms with van der Waals surface area (Å²) in [6, 6.07) is 1.72. The Kier molecular flexibility index (Phi) is 4.59. The van der Waals surface area contributed by atoms with E-state index in [9.17, 15) is 14.4 Å². The van der Waals surface area contributed by atoms with Crippen LogP contribution in [-0.2, 0) is 9.59 Å².